The molecule has 0 fully saturated rings. The average molecular weight is 266 g/mol. The summed E-state index contributed by atoms with van der Waals surface area (Å²) in [4.78, 5) is 0. The summed E-state index contributed by atoms with van der Waals surface area (Å²) in [5, 5.41) is 9.78. The topological polar surface area (TPSA) is 38.7 Å². The van der Waals surface area contributed by atoms with Crippen LogP contribution in [0.5, 0.6) is 11.5 Å². The normalized spacial score (nSPS) is 12.7. The number of hydrogen-bond acceptors (Lipinski definition) is 3. The first kappa shape index (κ1) is 15.8. The van der Waals surface area contributed by atoms with Gasteiger partial charge >= 0.3 is 0 Å². The van der Waals surface area contributed by atoms with E-state index >= 15 is 0 Å². The van der Waals surface area contributed by atoms with Gasteiger partial charge in [-0.25, -0.2) is 0 Å². The highest BCUT2D eigenvalue weighted by molar-refractivity contribution is 5.41. The van der Waals surface area contributed by atoms with E-state index < -0.39 is 0 Å². The van der Waals surface area contributed by atoms with Gasteiger partial charge in [0, 0.05) is 20.1 Å². The fraction of sp³-hybridized carbons (Fsp3) is 0.625. The van der Waals surface area contributed by atoms with Crippen molar-refractivity contribution in [1.82, 2.24) is 0 Å². The molecule has 0 aromatic heterocycles. The lowest BCUT2D eigenvalue weighted by Crippen LogP contribution is -2.07. The summed E-state index contributed by atoms with van der Waals surface area (Å²) in [5.41, 5.74) is 1.21. The molecule has 0 heterocycles. The van der Waals surface area contributed by atoms with Gasteiger partial charge in [-0.15, -0.1) is 0 Å². The second-order valence-electron chi connectivity index (χ2n) is 5.42. The molecular formula is C16H26O3. The van der Waals surface area contributed by atoms with Gasteiger partial charge in [0.2, 0.25) is 0 Å². The van der Waals surface area contributed by atoms with Crippen LogP contribution in [0.3, 0.4) is 0 Å². The lowest BCUT2D eigenvalue weighted by Gasteiger charge is -2.16. The second kappa shape index (κ2) is 8.05. The molecule has 1 rings (SSSR count). The highest BCUT2D eigenvalue weighted by atomic mass is 16.5. The molecule has 0 spiro atoms. The number of aromatic hydroxyl groups is 1. The van der Waals surface area contributed by atoms with Crippen LogP contribution in [-0.2, 0) is 11.2 Å². The molecule has 1 atom stereocenters. The van der Waals surface area contributed by atoms with Crippen LogP contribution in [0.4, 0.5) is 0 Å². The standard InChI is InChI=1S/C16H26O3/c1-12(2)13(3)10-14-6-7-15(17)16(11-14)19-9-5-8-18-4/h6-7,11-13,17H,5,8-10H2,1-4H3/t13-/m1/s1. The van der Waals surface area contributed by atoms with Crippen LogP contribution in [0.25, 0.3) is 0 Å². The molecule has 108 valence electrons. The van der Waals surface area contributed by atoms with E-state index in [9.17, 15) is 5.11 Å². The van der Waals surface area contributed by atoms with Crippen molar-refractivity contribution in [2.45, 2.75) is 33.6 Å². The van der Waals surface area contributed by atoms with Gasteiger partial charge in [-0.2, -0.15) is 0 Å². The summed E-state index contributed by atoms with van der Waals surface area (Å²) in [6, 6.07) is 5.63. The third-order valence-corrected chi connectivity index (χ3v) is 3.47. The van der Waals surface area contributed by atoms with E-state index in [2.05, 4.69) is 20.8 Å². The van der Waals surface area contributed by atoms with E-state index in [-0.39, 0.29) is 5.75 Å². The van der Waals surface area contributed by atoms with Crippen LogP contribution >= 0.6 is 0 Å². The molecule has 1 aromatic carbocycles. The van der Waals surface area contributed by atoms with E-state index in [1.165, 1.54) is 5.56 Å². The molecule has 3 heteroatoms. The molecule has 0 saturated carbocycles. The molecule has 0 radical (unpaired) electrons. The molecule has 3 nitrogen and oxygen atoms in total. The Balaban J connectivity index is 2.60. The maximum absolute atomic E-state index is 9.78. The Morgan fingerprint density at radius 3 is 2.53 bits per heavy atom. The van der Waals surface area contributed by atoms with Gasteiger partial charge in [-0.3, -0.25) is 0 Å². The van der Waals surface area contributed by atoms with Crippen LogP contribution in [0.15, 0.2) is 18.2 Å². The monoisotopic (exact) mass is 266 g/mol. The molecule has 1 aromatic rings. The lowest BCUT2D eigenvalue weighted by atomic mass is 9.91. The third-order valence-electron chi connectivity index (χ3n) is 3.47. The zero-order chi connectivity index (χ0) is 14.3. The molecule has 0 saturated heterocycles. The van der Waals surface area contributed by atoms with Crippen molar-refractivity contribution in [3.8, 4) is 11.5 Å². The summed E-state index contributed by atoms with van der Waals surface area (Å²) >= 11 is 0. The summed E-state index contributed by atoms with van der Waals surface area (Å²) in [7, 11) is 1.67. The smallest absolute Gasteiger partial charge is 0.161 e. The van der Waals surface area contributed by atoms with E-state index in [1.807, 2.05) is 12.1 Å². The number of hydrogen-bond donors (Lipinski definition) is 1. The summed E-state index contributed by atoms with van der Waals surface area (Å²) in [6.45, 7) is 7.94. The number of phenols is 1. The number of phenolic OH excluding ortho intramolecular Hbond substituents is 1. The van der Waals surface area contributed by atoms with E-state index in [0.29, 0.717) is 30.8 Å². The first-order valence-electron chi connectivity index (χ1n) is 6.98. The Labute approximate surface area is 116 Å². The average Bonchev–Trinajstić information content (AvgIpc) is 2.38. The first-order chi connectivity index (χ1) is 9.04. The Hall–Kier alpha value is -1.22. The minimum atomic E-state index is 0.207. The van der Waals surface area contributed by atoms with Crippen LogP contribution in [-0.4, -0.2) is 25.4 Å². The lowest BCUT2D eigenvalue weighted by molar-refractivity contribution is 0.170. The van der Waals surface area contributed by atoms with E-state index in [1.54, 1.807) is 13.2 Å². The van der Waals surface area contributed by atoms with E-state index in [0.717, 1.165) is 12.8 Å². The quantitative estimate of drug-likeness (QED) is 0.730. The minimum Gasteiger partial charge on any atom is -0.504 e. The number of rotatable bonds is 8. The van der Waals surface area contributed by atoms with Crippen molar-refractivity contribution < 1.29 is 14.6 Å². The Morgan fingerprint density at radius 2 is 1.89 bits per heavy atom. The second-order valence-corrected chi connectivity index (χ2v) is 5.42. The predicted molar refractivity (Wildman–Crippen MR) is 77.8 cm³/mol. The summed E-state index contributed by atoms with van der Waals surface area (Å²) in [6.07, 6.45) is 1.83. The fourth-order valence-corrected chi connectivity index (χ4v) is 1.79. The largest absolute Gasteiger partial charge is 0.504 e. The van der Waals surface area contributed by atoms with Gasteiger partial charge in [0.25, 0.3) is 0 Å². The van der Waals surface area contributed by atoms with Crippen LogP contribution in [0, 0.1) is 11.8 Å². The third kappa shape index (κ3) is 5.52. The van der Waals surface area contributed by atoms with Gasteiger partial charge < -0.3 is 14.6 Å². The van der Waals surface area contributed by atoms with Gasteiger partial charge in [0.1, 0.15) is 0 Å². The van der Waals surface area contributed by atoms with Gasteiger partial charge in [-0.05, 0) is 36.0 Å². The van der Waals surface area contributed by atoms with Crippen molar-refractivity contribution in [2.75, 3.05) is 20.3 Å². The summed E-state index contributed by atoms with van der Waals surface area (Å²) < 4.78 is 10.6. The predicted octanol–water partition coefficient (Wildman–Crippen LogP) is 3.64. The highest BCUT2D eigenvalue weighted by Crippen LogP contribution is 2.28. The molecule has 0 aliphatic rings. The maximum Gasteiger partial charge on any atom is 0.161 e. The highest BCUT2D eigenvalue weighted by Gasteiger charge is 2.10. The van der Waals surface area contributed by atoms with Gasteiger partial charge in [0.05, 0.1) is 6.61 Å². The van der Waals surface area contributed by atoms with E-state index in [4.69, 9.17) is 9.47 Å². The Kier molecular flexibility index (Phi) is 6.71. The van der Waals surface area contributed by atoms with Crippen molar-refractivity contribution in [3.63, 3.8) is 0 Å². The zero-order valence-corrected chi connectivity index (χ0v) is 12.5. The fourth-order valence-electron chi connectivity index (χ4n) is 1.79. The Bertz CT molecular complexity index is 374. The molecule has 0 aliphatic heterocycles. The van der Waals surface area contributed by atoms with Crippen molar-refractivity contribution in [1.29, 1.82) is 0 Å². The van der Waals surface area contributed by atoms with Gasteiger partial charge in [0.15, 0.2) is 11.5 Å². The van der Waals surface area contributed by atoms with Crippen LogP contribution in [0.2, 0.25) is 0 Å². The number of methoxy groups -OCH3 is 1. The molecule has 0 unspecified atom stereocenters. The van der Waals surface area contributed by atoms with Crippen LogP contribution < -0.4 is 4.74 Å². The molecular weight excluding hydrogens is 240 g/mol. The maximum atomic E-state index is 9.78. The minimum absolute atomic E-state index is 0.207. The SMILES string of the molecule is COCCCOc1cc(C[C@@H](C)C(C)C)ccc1O. The molecule has 0 bridgehead atoms. The Morgan fingerprint density at radius 1 is 1.16 bits per heavy atom. The number of benzene rings is 1. The van der Waals surface area contributed by atoms with Crippen molar-refractivity contribution in [2.24, 2.45) is 11.8 Å². The zero-order valence-electron chi connectivity index (χ0n) is 12.5. The number of ether oxygens (including phenoxy) is 2. The van der Waals surface area contributed by atoms with Gasteiger partial charge in [-0.1, -0.05) is 26.8 Å². The van der Waals surface area contributed by atoms with Crippen molar-refractivity contribution in [3.05, 3.63) is 23.8 Å². The molecule has 0 aliphatic carbocycles. The molecule has 0 amide bonds. The van der Waals surface area contributed by atoms with Crippen molar-refractivity contribution >= 4 is 0 Å². The summed E-state index contributed by atoms with van der Waals surface area (Å²) in [5.74, 6) is 2.05. The first-order valence-corrected chi connectivity index (χ1v) is 6.98. The molecule has 1 N–H and O–H groups in total. The molecule has 19 heavy (non-hydrogen) atoms. The van der Waals surface area contributed by atoms with Crippen LogP contribution in [0.1, 0.15) is 32.8 Å².